The second-order valence-electron chi connectivity index (χ2n) is 5.51. The SMILES string of the molecule is CCCNC(Cc1cccc(C)c1)C(C)(C)OC. The van der Waals surface area contributed by atoms with Gasteiger partial charge in [0, 0.05) is 13.2 Å². The van der Waals surface area contributed by atoms with Gasteiger partial charge in [0.1, 0.15) is 0 Å². The zero-order valence-corrected chi connectivity index (χ0v) is 12.4. The van der Waals surface area contributed by atoms with Gasteiger partial charge < -0.3 is 10.1 Å². The molecule has 0 saturated carbocycles. The van der Waals surface area contributed by atoms with Crippen molar-refractivity contribution < 1.29 is 4.74 Å². The van der Waals surface area contributed by atoms with Crippen molar-refractivity contribution in [2.75, 3.05) is 13.7 Å². The lowest BCUT2D eigenvalue weighted by Crippen LogP contribution is -2.49. The number of aryl methyl sites for hydroxylation is 1. The maximum Gasteiger partial charge on any atom is 0.0778 e. The van der Waals surface area contributed by atoms with Gasteiger partial charge in [0.2, 0.25) is 0 Å². The fourth-order valence-electron chi connectivity index (χ4n) is 2.10. The first-order valence-electron chi connectivity index (χ1n) is 6.83. The van der Waals surface area contributed by atoms with Crippen LogP contribution in [0.15, 0.2) is 24.3 Å². The van der Waals surface area contributed by atoms with Crippen LogP contribution in [0, 0.1) is 6.92 Å². The summed E-state index contributed by atoms with van der Waals surface area (Å²) < 4.78 is 5.64. The van der Waals surface area contributed by atoms with Gasteiger partial charge in [-0.1, -0.05) is 36.8 Å². The quantitative estimate of drug-likeness (QED) is 0.800. The minimum absolute atomic E-state index is 0.154. The lowest BCUT2D eigenvalue weighted by molar-refractivity contribution is -0.00998. The van der Waals surface area contributed by atoms with E-state index in [1.54, 1.807) is 7.11 Å². The van der Waals surface area contributed by atoms with Crippen LogP contribution in [-0.2, 0) is 11.2 Å². The summed E-state index contributed by atoms with van der Waals surface area (Å²) in [5, 5.41) is 3.60. The third-order valence-electron chi connectivity index (χ3n) is 3.53. The molecule has 1 unspecified atom stereocenters. The van der Waals surface area contributed by atoms with Gasteiger partial charge in [0.25, 0.3) is 0 Å². The third-order valence-corrected chi connectivity index (χ3v) is 3.53. The number of hydrogen-bond acceptors (Lipinski definition) is 2. The van der Waals surface area contributed by atoms with E-state index in [1.165, 1.54) is 11.1 Å². The Morgan fingerprint density at radius 2 is 2.06 bits per heavy atom. The molecule has 0 spiro atoms. The van der Waals surface area contributed by atoms with E-state index >= 15 is 0 Å². The van der Waals surface area contributed by atoms with Crippen LogP contribution < -0.4 is 5.32 Å². The number of ether oxygens (including phenoxy) is 1. The Labute approximate surface area is 112 Å². The molecule has 2 nitrogen and oxygen atoms in total. The Kier molecular flexibility index (Phi) is 5.83. The smallest absolute Gasteiger partial charge is 0.0778 e. The van der Waals surface area contributed by atoms with Gasteiger partial charge in [-0.25, -0.2) is 0 Å². The van der Waals surface area contributed by atoms with Crippen LogP contribution in [0.4, 0.5) is 0 Å². The van der Waals surface area contributed by atoms with Crippen molar-refractivity contribution in [1.82, 2.24) is 5.32 Å². The molecule has 1 aromatic rings. The average Bonchev–Trinajstić information content (AvgIpc) is 2.34. The van der Waals surface area contributed by atoms with Crippen LogP contribution in [0.5, 0.6) is 0 Å². The summed E-state index contributed by atoms with van der Waals surface area (Å²) in [4.78, 5) is 0. The van der Waals surface area contributed by atoms with Gasteiger partial charge in [-0.3, -0.25) is 0 Å². The maximum atomic E-state index is 5.64. The molecule has 0 bridgehead atoms. The molecule has 1 aromatic carbocycles. The standard InChI is InChI=1S/C16H27NO/c1-6-10-17-15(16(3,4)18-5)12-14-9-7-8-13(2)11-14/h7-9,11,15,17H,6,10,12H2,1-5H3. The molecular formula is C16H27NO. The molecular weight excluding hydrogens is 222 g/mol. The monoisotopic (exact) mass is 249 g/mol. The maximum absolute atomic E-state index is 5.64. The molecule has 18 heavy (non-hydrogen) atoms. The predicted octanol–water partition coefficient (Wildman–Crippen LogP) is 3.33. The molecule has 1 atom stereocenters. The minimum atomic E-state index is -0.154. The molecule has 0 aromatic heterocycles. The van der Waals surface area contributed by atoms with Crippen molar-refractivity contribution in [3.8, 4) is 0 Å². The van der Waals surface area contributed by atoms with Crippen molar-refractivity contribution in [2.24, 2.45) is 0 Å². The summed E-state index contributed by atoms with van der Waals surface area (Å²) in [6.07, 6.45) is 2.15. The molecule has 0 saturated heterocycles. The van der Waals surface area contributed by atoms with Gasteiger partial charge in [-0.2, -0.15) is 0 Å². The highest BCUT2D eigenvalue weighted by molar-refractivity contribution is 5.23. The van der Waals surface area contributed by atoms with Gasteiger partial charge in [-0.15, -0.1) is 0 Å². The number of nitrogens with one attached hydrogen (secondary N) is 1. The Morgan fingerprint density at radius 1 is 1.33 bits per heavy atom. The number of hydrogen-bond donors (Lipinski definition) is 1. The largest absolute Gasteiger partial charge is 0.377 e. The summed E-state index contributed by atoms with van der Waals surface area (Å²) in [6, 6.07) is 9.05. The van der Waals surface area contributed by atoms with Gasteiger partial charge in [0.05, 0.1) is 5.60 Å². The molecule has 2 heteroatoms. The second-order valence-corrected chi connectivity index (χ2v) is 5.51. The van der Waals surface area contributed by atoms with Crippen LogP contribution in [0.2, 0.25) is 0 Å². The van der Waals surface area contributed by atoms with Crippen molar-refractivity contribution in [3.63, 3.8) is 0 Å². The molecule has 0 radical (unpaired) electrons. The second kappa shape index (κ2) is 6.91. The zero-order valence-electron chi connectivity index (χ0n) is 12.4. The van der Waals surface area contributed by atoms with Crippen LogP contribution in [-0.4, -0.2) is 25.3 Å². The summed E-state index contributed by atoms with van der Waals surface area (Å²) in [5.74, 6) is 0. The first-order chi connectivity index (χ1) is 8.49. The number of methoxy groups -OCH3 is 1. The molecule has 0 heterocycles. The summed E-state index contributed by atoms with van der Waals surface area (Å²) >= 11 is 0. The van der Waals surface area contributed by atoms with Gasteiger partial charge in [0.15, 0.2) is 0 Å². The summed E-state index contributed by atoms with van der Waals surface area (Å²) in [7, 11) is 1.79. The summed E-state index contributed by atoms with van der Waals surface area (Å²) in [6.45, 7) is 9.66. The number of benzene rings is 1. The first-order valence-corrected chi connectivity index (χ1v) is 6.83. The molecule has 1 N–H and O–H groups in total. The minimum Gasteiger partial charge on any atom is -0.377 e. The van der Waals surface area contributed by atoms with Crippen molar-refractivity contribution in [1.29, 1.82) is 0 Å². The van der Waals surface area contributed by atoms with Crippen molar-refractivity contribution in [3.05, 3.63) is 35.4 Å². The highest BCUT2D eigenvalue weighted by atomic mass is 16.5. The topological polar surface area (TPSA) is 21.3 Å². The van der Waals surface area contributed by atoms with E-state index in [9.17, 15) is 0 Å². The average molecular weight is 249 g/mol. The third kappa shape index (κ3) is 4.43. The van der Waals surface area contributed by atoms with Crippen LogP contribution in [0.3, 0.4) is 0 Å². The molecule has 0 amide bonds. The molecule has 102 valence electrons. The summed E-state index contributed by atoms with van der Waals surface area (Å²) in [5.41, 5.74) is 2.53. The van der Waals surface area contributed by atoms with E-state index in [0.29, 0.717) is 6.04 Å². The van der Waals surface area contributed by atoms with Crippen molar-refractivity contribution >= 4 is 0 Å². The van der Waals surface area contributed by atoms with E-state index < -0.39 is 0 Å². The van der Waals surface area contributed by atoms with Crippen LogP contribution in [0.1, 0.15) is 38.3 Å². The Balaban J connectivity index is 2.78. The molecule has 1 rings (SSSR count). The number of rotatable bonds is 7. The first kappa shape index (κ1) is 15.2. The fourth-order valence-corrected chi connectivity index (χ4v) is 2.10. The van der Waals surface area contributed by atoms with E-state index in [4.69, 9.17) is 4.74 Å². The van der Waals surface area contributed by atoms with Crippen molar-refractivity contribution in [2.45, 2.75) is 52.2 Å². The van der Waals surface area contributed by atoms with Crippen LogP contribution in [0.25, 0.3) is 0 Å². The molecule has 0 aliphatic heterocycles. The predicted molar refractivity (Wildman–Crippen MR) is 78.1 cm³/mol. The Bertz CT molecular complexity index is 360. The lowest BCUT2D eigenvalue weighted by Gasteiger charge is -2.34. The highest BCUT2D eigenvalue weighted by Gasteiger charge is 2.28. The molecule has 0 aliphatic carbocycles. The Hall–Kier alpha value is -0.860. The fraction of sp³-hybridized carbons (Fsp3) is 0.625. The Morgan fingerprint density at radius 3 is 2.61 bits per heavy atom. The van der Waals surface area contributed by atoms with E-state index in [0.717, 1.165) is 19.4 Å². The van der Waals surface area contributed by atoms with E-state index in [1.807, 2.05) is 0 Å². The zero-order chi connectivity index (χ0) is 13.6. The molecule has 0 aliphatic rings. The van der Waals surface area contributed by atoms with E-state index in [2.05, 4.69) is 57.3 Å². The van der Waals surface area contributed by atoms with Crippen LogP contribution >= 0.6 is 0 Å². The highest BCUT2D eigenvalue weighted by Crippen LogP contribution is 2.18. The van der Waals surface area contributed by atoms with Gasteiger partial charge >= 0.3 is 0 Å². The normalized spacial score (nSPS) is 13.6. The van der Waals surface area contributed by atoms with Gasteiger partial charge in [-0.05, 0) is 45.7 Å². The molecule has 0 fully saturated rings. The lowest BCUT2D eigenvalue weighted by atomic mass is 9.91. The van der Waals surface area contributed by atoms with E-state index in [-0.39, 0.29) is 5.60 Å².